The topological polar surface area (TPSA) is 39.1 Å². The molecule has 0 aliphatic carbocycles. The third kappa shape index (κ3) is 3.88. The summed E-state index contributed by atoms with van der Waals surface area (Å²) in [6.45, 7) is 7.49. The van der Waals surface area contributed by atoms with Crippen LogP contribution in [0.15, 0.2) is 18.2 Å². The van der Waals surface area contributed by atoms with E-state index >= 15 is 0 Å². The summed E-state index contributed by atoms with van der Waals surface area (Å²) in [5.74, 6) is 0.572. The molecule has 2 rings (SSSR count). The van der Waals surface area contributed by atoms with E-state index in [0.29, 0.717) is 22.5 Å². The van der Waals surface area contributed by atoms with Crippen LogP contribution in [-0.2, 0) is 0 Å². The average molecular weight is 292 g/mol. The molecule has 108 valence electrons. The standard InChI is InChI=1S/C16H22ClN3/c1-12(2)10-20(11-14-4-3-7-19-14)16-6-5-13(9-18)8-15(16)17/h5-6,8,12,14,19H,3-4,7,10-11H2,1-2H3. The van der Waals surface area contributed by atoms with E-state index in [1.807, 2.05) is 12.1 Å². The quantitative estimate of drug-likeness (QED) is 0.903. The first kappa shape index (κ1) is 15.2. The Hall–Kier alpha value is -1.24. The molecule has 0 saturated carbocycles. The third-order valence-corrected chi connectivity index (χ3v) is 3.91. The zero-order chi connectivity index (χ0) is 14.5. The Balaban J connectivity index is 2.18. The van der Waals surface area contributed by atoms with Crippen molar-refractivity contribution in [2.45, 2.75) is 32.7 Å². The van der Waals surface area contributed by atoms with Crippen LogP contribution in [0.3, 0.4) is 0 Å². The van der Waals surface area contributed by atoms with E-state index in [2.05, 4.69) is 30.1 Å². The molecule has 0 amide bonds. The van der Waals surface area contributed by atoms with Crippen molar-refractivity contribution in [2.75, 3.05) is 24.5 Å². The van der Waals surface area contributed by atoms with Crippen molar-refractivity contribution in [1.29, 1.82) is 5.26 Å². The van der Waals surface area contributed by atoms with E-state index in [1.54, 1.807) is 6.07 Å². The molecule has 0 bridgehead atoms. The molecule has 1 fully saturated rings. The van der Waals surface area contributed by atoms with E-state index in [-0.39, 0.29) is 0 Å². The first-order chi connectivity index (χ1) is 9.60. The van der Waals surface area contributed by atoms with E-state index in [9.17, 15) is 0 Å². The Morgan fingerprint density at radius 1 is 1.50 bits per heavy atom. The van der Waals surface area contributed by atoms with Gasteiger partial charge in [0.2, 0.25) is 0 Å². The van der Waals surface area contributed by atoms with Gasteiger partial charge in [0.05, 0.1) is 22.3 Å². The molecular formula is C16H22ClN3. The van der Waals surface area contributed by atoms with Gasteiger partial charge >= 0.3 is 0 Å². The number of nitriles is 1. The van der Waals surface area contributed by atoms with Crippen LogP contribution in [0, 0.1) is 17.2 Å². The van der Waals surface area contributed by atoms with Gasteiger partial charge in [-0.3, -0.25) is 0 Å². The SMILES string of the molecule is CC(C)CN(CC1CCCN1)c1ccc(C#N)cc1Cl. The number of nitrogens with one attached hydrogen (secondary N) is 1. The summed E-state index contributed by atoms with van der Waals surface area (Å²) in [5.41, 5.74) is 1.65. The number of nitrogens with zero attached hydrogens (tertiary/aromatic N) is 2. The lowest BCUT2D eigenvalue weighted by atomic mass is 10.1. The molecule has 1 aromatic carbocycles. The molecule has 1 aromatic rings. The predicted octanol–water partition coefficient (Wildman–Crippen LogP) is 3.43. The average Bonchev–Trinajstić information content (AvgIpc) is 2.90. The fourth-order valence-corrected chi connectivity index (χ4v) is 3.02. The zero-order valence-electron chi connectivity index (χ0n) is 12.2. The number of hydrogen-bond acceptors (Lipinski definition) is 3. The Morgan fingerprint density at radius 2 is 2.30 bits per heavy atom. The predicted molar refractivity (Wildman–Crippen MR) is 84.2 cm³/mol. The molecule has 1 N–H and O–H groups in total. The van der Waals surface area contributed by atoms with Crippen LogP contribution >= 0.6 is 11.6 Å². The number of benzene rings is 1. The molecule has 0 radical (unpaired) electrons. The highest BCUT2D eigenvalue weighted by Gasteiger charge is 2.20. The number of halogens is 1. The van der Waals surface area contributed by atoms with E-state index < -0.39 is 0 Å². The molecular weight excluding hydrogens is 270 g/mol. The van der Waals surface area contributed by atoms with Gasteiger partial charge in [-0.1, -0.05) is 25.4 Å². The van der Waals surface area contributed by atoms with E-state index in [4.69, 9.17) is 16.9 Å². The Kier molecular flexibility index (Phi) is 5.28. The minimum absolute atomic E-state index is 0.542. The Labute approximate surface area is 126 Å². The summed E-state index contributed by atoms with van der Waals surface area (Å²) >= 11 is 6.36. The minimum Gasteiger partial charge on any atom is -0.369 e. The van der Waals surface area contributed by atoms with Crippen molar-refractivity contribution in [3.63, 3.8) is 0 Å². The maximum Gasteiger partial charge on any atom is 0.0992 e. The molecule has 1 atom stereocenters. The Morgan fingerprint density at radius 3 is 2.85 bits per heavy atom. The van der Waals surface area contributed by atoms with Gasteiger partial charge in [0.15, 0.2) is 0 Å². The minimum atomic E-state index is 0.542. The summed E-state index contributed by atoms with van der Waals surface area (Å²) < 4.78 is 0. The molecule has 0 spiro atoms. The van der Waals surface area contributed by atoms with Crippen LogP contribution in [-0.4, -0.2) is 25.7 Å². The highest BCUT2D eigenvalue weighted by atomic mass is 35.5. The molecule has 4 heteroatoms. The van der Waals surface area contributed by atoms with Crippen molar-refractivity contribution >= 4 is 17.3 Å². The fraction of sp³-hybridized carbons (Fsp3) is 0.562. The largest absolute Gasteiger partial charge is 0.369 e. The van der Waals surface area contributed by atoms with Crippen molar-refractivity contribution in [3.8, 4) is 6.07 Å². The maximum absolute atomic E-state index is 8.93. The summed E-state index contributed by atoms with van der Waals surface area (Å²) in [6, 6.07) is 8.25. The van der Waals surface area contributed by atoms with Gasteiger partial charge in [-0.2, -0.15) is 5.26 Å². The van der Waals surface area contributed by atoms with Gasteiger partial charge < -0.3 is 10.2 Å². The second-order valence-corrected chi connectivity index (χ2v) is 6.28. The normalized spacial score (nSPS) is 18.2. The van der Waals surface area contributed by atoms with Gasteiger partial charge in [0, 0.05) is 19.1 Å². The van der Waals surface area contributed by atoms with Gasteiger partial charge in [-0.25, -0.2) is 0 Å². The van der Waals surface area contributed by atoms with Gasteiger partial charge in [-0.15, -0.1) is 0 Å². The van der Waals surface area contributed by atoms with E-state index in [0.717, 1.165) is 25.3 Å². The molecule has 1 aliphatic heterocycles. The lowest BCUT2D eigenvalue weighted by Crippen LogP contribution is -2.39. The zero-order valence-corrected chi connectivity index (χ0v) is 13.0. The summed E-state index contributed by atoms with van der Waals surface area (Å²) in [6.07, 6.45) is 2.48. The highest BCUT2D eigenvalue weighted by molar-refractivity contribution is 6.33. The summed E-state index contributed by atoms with van der Waals surface area (Å²) in [5, 5.41) is 13.1. The van der Waals surface area contributed by atoms with Gasteiger partial charge in [0.25, 0.3) is 0 Å². The van der Waals surface area contributed by atoms with Crippen LogP contribution in [0.1, 0.15) is 32.3 Å². The highest BCUT2D eigenvalue weighted by Crippen LogP contribution is 2.28. The van der Waals surface area contributed by atoms with Crippen molar-refractivity contribution in [1.82, 2.24) is 5.32 Å². The van der Waals surface area contributed by atoms with Gasteiger partial charge in [0.1, 0.15) is 0 Å². The first-order valence-corrected chi connectivity index (χ1v) is 7.66. The fourth-order valence-electron chi connectivity index (χ4n) is 2.72. The van der Waals surface area contributed by atoms with E-state index in [1.165, 1.54) is 12.8 Å². The molecule has 3 nitrogen and oxygen atoms in total. The number of anilines is 1. The molecule has 0 aromatic heterocycles. The second-order valence-electron chi connectivity index (χ2n) is 5.87. The maximum atomic E-state index is 8.93. The van der Waals surface area contributed by atoms with Crippen molar-refractivity contribution < 1.29 is 0 Å². The van der Waals surface area contributed by atoms with Crippen LogP contribution in [0.4, 0.5) is 5.69 Å². The Bertz CT molecular complexity index is 487. The first-order valence-electron chi connectivity index (χ1n) is 7.28. The van der Waals surface area contributed by atoms with Crippen molar-refractivity contribution in [2.24, 2.45) is 5.92 Å². The van der Waals surface area contributed by atoms with Crippen LogP contribution in [0.2, 0.25) is 5.02 Å². The molecule has 1 unspecified atom stereocenters. The lowest BCUT2D eigenvalue weighted by molar-refractivity contribution is 0.541. The molecule has 20 heavy (non-hydrogen) atoms. The smallest absolute Gasteiger partial charge is 0.0992 e. The summed E-state index contributed by atoms with van der Waals surface area (Å²) in [4.78, 5) is 2.34. The van der Waals surface area contributed by atoms with Gasteiger partial charge in [-0.05, 0) is 43.5 Å². The molecule has 1 heterocycles. The monoisotopic (exact) mass is 291 g/mol. The number of hydrogen-bond donors (Lipinski definition) is 1. The van der Waals surface area contributed by atoms with Crippen LogP contribution < -0.4 is 10.2 Å². The second kappa shape index (κ2) is 6.97. The molecule has 1 saturated heterocycles. The molecule has 1 aliphatic rings. The third-order valence-electron chi connectivity index (χ3n) is 3.61. The van der Waals surface area contributed by atoms with Crippen LogP contribution in [0.5, 0.6) is 0 Å². The van der Waals surface area contributed by atoms with Crippen LogP contribution in [0.25, 0.3) is 0 Å². The van der Waals surface area contributed by atoms with Crippen molar-refractivity contribution in [3.05, 3.63) is 28.8 Å². The number of rotatable bonds is 5. The summed E-state index contributed by atoms with van der Waals surface area (Å²) in [7, 11) is 0. The lowest BCUT2D eigenvalue weighted by Gasteiger charge is -2.30.